The Labute approximate surface area is 141 Å². The minimum atomic E-state index is 0.162. The SMILES string of the molecule is N#CC1CCc2ccc3c(ccc4c5ccccc5ccc34)c2C1. The summed E-state index contributed by atoms with van der Waals surface area (Å²) in [6.45, 7) is 0. The molecule has 0 aliphatic heterocycles. The van der Waals surface area contributed by atoms with E-state index in [-0.39, 0.29) is 5.92 Å². The van der Waals surface area contributed by atoms with Gasteiger partial charge in [-0.3, -0.25) is 0 Å². The van der Waals surface area contributed by atoms with E-state index in [1.54, 1.807) is 0 Å². The summed E-state index contributed by atoms with van der Waals surface area (Å²) in [5.74, 6) is 0.162. The first-order valence-corrected chi connectivity index (χ1v) is 8.60. The van der Waals surface area contributed by atoms with E-state index >= 15 is 0 Å². The second kappa shape index (κ2) is 5.08. The molecule has 0 heterocycles. The number of nitrogens with zero attached hydrogens (tertiary/aromatic N) is 1. The van der Waals surface area contributed by atoms with Gasteiger partial charge < -0.3 is 0 Å². The highest BCUT2D eigenvalue weighted by Crippen LogP contribution is 2.36. The topological polar surface area (TPSA) is 23.8 Å². The van der Waals surface area contributed by atoms with E-state index in [4.69, 9.17) is 0 Å². The first-order chi connectivity index (χ1) is 11.8. The Kier molecular flexibility index (Phi) is 2.87. The third-order valence-electron chi connectivity index (χ3n) is 5.53. The molecular weight excluding hydrogens is 290 g/mol. The van der Waals surface area contributed by atoms with Crippen molar-refractivity contribution in [2.24, 2.45) is 5.92 Å². The summed E-state index contributed by atoms with van der Waals surface area (Å²) in [7, 11) is 0. The lowest BCUT2D eigenvalue weighted by Crippen LogP contribution is -2.12. The fourth-order valence-corrected chi connectivity index (χ4v) is 4.28. The molecule has 1 aliphatic rings. The Bertz CT molecular complexity index is 1150. The fraction of sp³-hybridized carbons (Fsp3) is 0.174. The number of hydrogen-bond donors (Lipinski definition) is 0. The Morgan fingerprint density at radius 3 is 2.38 bits per heavy atom. The van der Waals surface area contributed by atoms with Crippen molar-refractivity contribution in [3.63, 3.8) is 0 Å². The minimum Gasteiger partial charge on any atom is -0.198 e. The first-order valence-electron chi connectivity index (χ1n) is 8.60. The molecular formula is C23H17N. The van der Waals surface area contributed by atoms with Crippen LogP contribution >= 0.6 is 0 Å². The van der Waals surface area contributed by atoms with Crippen LogP contribution in [0.5, 0.6) is 0 Å². The first kappa shape index (κ1) is 13.6. The van der Waals surface area contributed by atoms with Crippen LogP contribution < -0.4 is 0 Å². The quantitative estimate of drug-likeness (QED) is 0.378. The van der Waals surface area contributed by atoms with Crippen LogP contribution in [0, 0.1) is 17.2 Å². The van der Waals surface area contributed by atoms with Gasteiger partial charge >= 0.3 is 0 Å². The van der Waals surface area contributed by atoms with Gasteiger partial charge in [-0.05, 0) is 62.7 Å². The summed E-state index contributed by atoms with van der Waals surface area (Å²) in [6.07, 6.45) is 2.91. The van der Waals surface area contributed by atoms with Crippen LogP contribution in [0.15, 0.2) is 60.7 Å². The van der Waals surface area contributed by atoms with E-state index in [9.17, 15) is 5.26 Å². The molecule has 1 aliphatic carbocycles. The van der Waals surface area contributed by atoms with Crippen molar-refractivity contribution in [1.29, 1.82) is 5.26 Å². The Hall–Kier alpha value is -2.85. The number of benzene rings is 4. The van der Waals surface area contributed by atoms with Crippen LogP contribution in [0.1, 0.15) is 17.5 Å². The number of rotatable bonds is 0. The smallest absolute Gasteiger partial charge is 0.0659 e. The molecule has 4 aromatic carbocycles. The molecule has 0 bridgehead atoms. The lowest BCUT2D eigenvalue weighted by molar-refractivity contribution is 0.568. The average molecular weight is 307 g/mol. The summed E-state index contributed by atoms with van der Waals surface area (Å²) in [4.78, 5) is 0. The molecule has 1 heteroatoms. The highest BCUT2D eigenvalue weighted by Gasteiger charge is 2.20. The Morgan fingerprint density at radius 1 is 0.750 bits per heavy atom. The highest BCUT2D eigenvalue weighted by molar-refractivity contribution is 6.17. The Balaban J connectivity index is 1.86. The molecule has 0 aromatic heterocycles. The number of hydrogen-bond acceptors (Lipinski definition) is 1. The van der Waals surface area contributed by atoms with E-state index in [0.717, 1.165) is 19.3 Å². The van der Waals surface area contributed by atoms with Crippen LogP contribution in [-0.4, -0.2) is 0 Å². The molecule has 1 nitrogen and oxygen atoms in total. The lowest BCUT2D eigenvalue weighted by Gasteiger charge is -2.22. The van der Waals surface area contributed by atoms with Crippen molar-refractivity contribution < 1.29 is 0 Å². The summed E-state index contributed by atoms with van der Waals surface area (Å²) in [5.41, 5.74) is 2.81. The van der Waals surface area contributed by atoms with Crippen molar-refractivity contribution in [2.45, 2.75) is 19.3 Å². The molecule has 0 fully saturated rings. The van der Waals surface area contributed by atoms with Gasteiger partial charge in [-0.2, -0.15) is 5.26 Å². The molecule has 1 atom stereocenters. The van der Waals surface area contributed by atoms with Crippen LogP contribution in [0.2, 0.25) is 0 Å². The third kappa shape index (κ3) is 1.87. The molecule has 5 rings (SSSR count). The van der Waals surface area contributed by atoms with Gasteiger partial charge in [0.1, 0.15) is 0 Å². The zero-order valence-electron chi connectivity index (χ0n) is 13.4. The van der Waals surface area contributed by atoms with Crippen LogP contribution in [-0.2, 0) is 12.8 Å². The molecule has 0 N–H and O–H groups in total. The zero-order valence-corrected chi connectivity index (χ0v) is 13.4. The summed E-state index contributed by atoms with van der Waals surface area (Å²) in [5, 5.41) is 17.2. The molecule has 114 valence electrons. The van der Waals surface area contributed by atoms with E-state index in [1.165, 1.54) is 43.4 Å². The van der Waals surface area contributed by atoms with Gasteiger partial charge in [0.25, 0.3) is 0 Å². The van der Waals surface area contributed by atoms with Crippen LogP contribution in [0.25, 0.3) is 32.3 Å². The van der Waals surface area contributed by atoms with Crippen molar-refractivity contribution in [1.82, 2.24) is 0 Å². The normalized spacial score (nSPS) is 17.0. The van der Waals surface area contributed by atoms with Gasteiger partial charge in [-0.25, -0.2) is 0 Å². The second-order valence-corrected chi connectivity index (χ2v) is 6.81. The number of aryl methyl sites for hydroxylation is 1. The van der Waals surface area contributed by atoms with Crippen molar-refractivity contribution in [2.75, 3.05) is 0 Å². The Morgan fingerprint density at radius 2 is 1.46 bits per heavy atom. The molecule has 1 unspecified atom stereocenters. The fourth-order valence-electron chi connectivity index (χ4n) is 4.28. The maximum Gasteiger partial charge on any atom is 0.0659 e. The van der Waals surface area contributed by atoms with Gasteiger partial charge in [-0.1, -0.05) is 60.7 Å². The van der Waals surface area contributed by atoms with Crippen LogP contribution in [0.4, 0.5) is 0 Å². The number of nitriles is 1. The van der Waals surface area contributed by atoms with Crippen molar-refractivity contribution in [3.8, 4) is 6.07 Å². The molecule has 4 aromatic rings. The van der Waals surface area contributed by atoms with Gasteiger partial charge in [0.15, 0.2) is 0 Å². The zero-order chi connectivity index (χ0) is 16.1. The van der Waals surface area contributed by atoms with Gasteiger partial charge in [0.05, 0.1) is 12.0 Å². The lowest BCUT2D eigenvalue weighted by atomic mass is 9.81. The monoisotopic (exact) mass is 307 g/mol. The second-order valence-electron chi connectivity index (χ2n) is 6.81. The summed E-state index contributed by atoms with van der Waals surface area (Å²) in [6, 6.07) is 24.6. The average Bonchev–Trinajstić information content (AvgIpc) is 2.66. The predicted octanol–water partition coefficient (Wildman–Crippen LogP) is 5.77. The third-order valence-corrected chi connectivity index (χ3v) is 5.53. The highest BCUT2D eigenvalue weighted by atomic mass is 14.3. The molecule has 0 amide bonds. The maximum absolute atomic E-state index is 9.33. The minimum absolute atomic E-state index is 0.162. The van der Waals surface area contributed by atoms with Gasteiger partial charge in [0, 0.05) is 0 Å². The van der Waals surface area contributed by atoms with E-state index in [1.807, 2.05) is 0 Å². The van der Waals surface area contributed by atoms with Crippen molar-refractivity contribution >= 4 is 32.3 Å². The van der Waals surface area contributed by atoms with E-state index in [2.05, 4.69) is 66.7 Å². The summed E-state index contributed by atoms with van der Waals surface area (Å²) < 4.78 is 0. The van der Waals surface area contributed by atoms with E-state index in [0.29, 0.717) is 0 Å². The standard InChI is InChI=1S/C23H17N/c24-14-15-5-6-17-8-10-21-20-9-7-16-3-1-2-4-18(16)19(20)11-12-22(21)23(17)13-15/h1-4,7-12,15H,5-6,13H2. The van der Waals surface area contributed by atoms with Crippen LogP contribution in [0.3, 0.4) is 0 Å². The summed E-state index contributed by atoms with van der Waals surface area (Å²) >= 11 is 0. The van der Waals surface area contributed by atoms with E-state index < -0.39 is 0 Å². The molecule has 0 spiro atoms. The van der Waals surface area contributed by atoms with Gasteiger partial charge in [-0.15, -0.1) is 0 Å². The molecule has 24 heavy (non-hydrogen) atoms. The predicted molar refractivity (Wildman–Crippen MR) is 100 cm³/mol. The van der Waals surface area contributed by atoms with Crippen molar-refractivity contribution in [3.05, 3.63) is 71.8 Å². The number of fused-ring (bicyclic) bond motifs is 7. The largest absolute Gasteiger partial charge is 0.198 e. The molecule has 0 saturated heterocycles. The van der Waals surface area contributed by atoms with Gasteiger partial charge in [0.2, 0.25) is 0 Å². The maximum atomic E-state index is 9.33. The molecule has 0 radical (unpaired) electrons. The molecule has 0 saturated carbocycles.